The molecular formula is C14H13NO4. The van der Waals surface area contributed by atoms with E-state index in [-0.39, 0.29) is 31.2 Å². The van der Waals surface area contributed by atoms with Crippen LogP contribution < -0.4 is 0 Å². The lowest BCUT2D eigenvalue weighted by atomic mass is 10.1. The Labute approximate surface area is 110 Å². The van der Waals surface area contributed by atoms with Gasteiger partial charge in [-0.05, 0) is 17.2 Å². The van der Waals surface area contributed by atoms with Crippen LogP contribution in [0.2, 0.25) is 0 Å². The molecule has 1 heterocycles. The number of carboxylic acids is 1. The van der Waals surface area contributed by atoms with Crippen molar-refractivity contribution in [2.45, 2.75) is 19.4 Å². The highest BCUT2D eigenvalue weighted by Gasteiger charge is 2.28. The third-order valence-electron chi connectivity index (χ3n) is 2.94. The van der Waals surface area contributed by atoms with Gasteiger partial charge in [0, 0.05) is 18.9 Å². The van der Waals surface area contributed by atoms with E-state index < -0.39 is 5.97 Å². The van der Waals surface area contributed by atoms with Gasteiger partial charge in [-0.15, -0.1) is 0 Å². The monoisotopic (exact) mass is 259 g/mol. The molecular weight excluding hydrogens is 246 g/mol. The molecule has 0 spiro atoms. The number of carbonyl (C=O) groups is 3. The summed E-state index contributed by atoms with van der Waals surface area (Å²) in [6.07, 6.45) is 3.01. The van der Waals surface area contributed by atoms with Gasteiger partial charge in [0.1, 0.15) is 0 Å². The highest BCUT2D eigenvalue weighted by molar-refractivity contribution is 6.01. The van der Waals surface area contributed by atoms with E-state index in [1.54, 1.807) is 24.3 Å². The van der Waals surface area contributed by atoms with E-state index in [1.807, 2.05) is 0 Å². The Kier molecular flexibility index (Phi) is 3.75. The lowest BCUT2D eigenvalue weighted by molar-refractivity contribution is -0.139. The second-order valence-electron chi connectivity index (χ2n) is 4.24. The highest BCUT2D eigenvalue weighted by Crippen LogP contribution is 2.19. The van der Waals surface area contributed by atoms with Crippen molar-refractivity contribution in [3.63, 3.8) is 0 Å². The largest absolute Gasteiger partial charge is 0.478 e. The molecule has 1 aromatic carbocycles. The molecule has 1 saturated heterocycles. The van der Waals surface area contributed by atoms with Crippen molar-refractivity contribution in [3.05, 3.63) is 41.5 Å². The molecule has 0 saturated carbocycles. The van der Waals surface area contributed by atoms with Crippen molar-refractivity contribution in [3.8, 4) is 0 Å². The minimum absolute atomic E-state index is 0.179. The zero-order chi connectivity index (χ0) is 13.8. The Morgan fingerprint density at radius 1 is 1.21 bits per heavy atom. The smallest absolute Gasteiger partial charge is 0.328 e. The van der Waals surface area contributed by atoms with Crippen molar-refractivity contribution in [2.24, 2.45) is 0 Å². The van der Waals surface area contributed by atoms with Gasteiger partial charge in [0.05, 0.1) is 6.54 Å². The summed E-state index contributed by atoms with van der Waals surface area (Å²) in [4.78, 5) is 34.9. The zero-order valence-electron chi connectivity index (χ0n) is 10.2. The minimum atomic E-state index is -1.04. The summed E-state index contributed by atoms with van der Waals surface area (Å²) in [6, 6.07) is 7.09. The number of amides is 2. The van der Waals surface area contributed by atoms with Crippen molar-refractivity contribution in [1.82, 2.24) is 4.90 Å². The van der Waals surface area contributed by atoms with Crippen molar-refractivity contribution in [2.75, 3.05) is 0 Å². The number of benzene rings is 1. The van der Waals surface area contributed by atoms with Crippen molar-refractivity contribution in [1.29, 1.82) is 0 Å². The van der Waals surface area contributed by atoms with Crippen LogP contribution in [-0.2, 0) is 20.9 Å². The summed E-state index contributed by atoms with van der Waals surface area (Å²) in [5.41, 5.74) is 1.45. The topological polar surface area (TPSA) is 74.7 Å². The number of carbonyl (C=O) groups excluding carboxylic acids is 2. The van der Waals surface area contributed by atoms with E-state index in [4.69, 9.17) is 5.11 Å². The average molecular weight is 259 g/mol. The standard InChI is InChI=1S/C14H13NO4/c16-12-6-7-13(17)15(12)9-11-4-2-1-3-10(11)5-8-14(18)19/h1-5,8H,6-7,9H2,(H,18,19)/b8-5+. The zero-order valence-corrected chi connectivity index (χ0v) is 10.2. The van der Waals surface area contributed by atoms with Gasteiger partial charge in [0.25, 0.3) is 0 Å². The number of imide groups is 1. The van der Waals surface area contributed by atoms with Crippen LogP contribution in [0.5, 0.6) is 0 Å². The number of likely N-dealkylation sites (tertiary alicyclic amines) is 1. The molecule has 1 aliphatic rings. The SMILES string of the molecule is O=C(O)/C=C/c1ccccc1CN1C(=O)CCC1=O. The number of rotatable bonds is 4. The molecule has 0 bridgehead atoms. The van der Waals surface area contributed by atoms with Gasteiger partial charge in [-0.2, -0.15) is 0 Å². The third kappa shape index (κ3) is 3.07. The molecule has 1 aliphatic heterocycles. The second-order valence-corrected chi connectivity index (χ2v) is 4.24. The number of hydrogen-bond acceptors (Lipinski definition) is 3. The molecule has 0 unspecified atom stereocenters. The fraction of sp³-hybridized carbons (Fsp3) is 0.214. The third-order valence-corrected chi connectivity index (χ3v) is 2.94. The predicted molar refractivity (Wildman–Crippen MR) is 67.9 cm³/mol. The lowest BCUT2D eigenvalue weighted by Gasteiger charge is -2.15. The molecule has 1 fully saturated rings. The van der Waals surface area contributed by atoms with Crippen LogP contribution in [0.25, 0.3) is 6.08 Å². The van der Waals surface area contributed by atoms with Crippen LogP contribution in [0.1, 0.15) is 24.0 Å². The minimum Gasteiger partial charge on any atom is -0.478 e. The van der Waals surface area contributed by atoms with Crippen LogP contribution in [0, 0.1) is 0 Å². The van der Waals surface area contributed by atoms with Gasteiger partial charge in [-0.25, -0.2) is 4.79 Å². The molecule has 98 valence electrons. The molecule has 2 rings (SSSR count). The van der Waals surface area contributed by atoms with Crippen molar-refractivity contribution >= 4 is 23.9 Å². The average Bonchev–Trinajstić information content (AvgIpc) is 2.69. The van der Waals surface area contributed by atoms with E-state index >= 15 is 0 Å². The molecule has 0 radical (unpaired) electrons. The summed E-state index contributed by atoms with van der Waals surface area (Å²) in [6.45, 7) is 0.192. The number of hydrogen-bond donors (Lipinski definition) is 1. The maximum atomic E-state index is 11.6. The van der Waals surface area contributed by atoms with Crippen LogP contribution in [0.4, 0.5) is 0 Å². The van der Waals surface area contributed by atoms with Gasteiger partial charge in [0.2, 0.25) is 11.8 Å². The molecule has 5 heteroatoms. The molecule has 5 nitrogen and oxygen atoms in total. The predicted octanol–water partition coefficient (Wildman–Crippen LogP) is 1.43. The lowest BCUT2D eigenvalue weighted by Crippen LogP contribution is -2.28. The second kappa shape index (κ2) is 5.48. The highest BCUT2D eigenvalue weighted by atomic mass is 16.4. The van der Waals surface area contributed by atoms with E-state index in [9.17, 15) is 14.4 Å². The Morgan fingerprint density at radius 3 is 2.47 bits per heavy atom. The first-order chi connectivity index (χ1) is 9.08. The number of nitrogens with zero attached hydrogens (tertiary/aromatic N) is 1. The molecule has 2 amide bonds. The Hall–Kier alpha value is -2.43. The summed E-state index contributed by atoms with van der Waals surface area (Å²) in [7, 11) is 0. The van der Waals surface area contributed by atoms with E-state index in [0.717, 1.165) is 11.6 Å². The maximum Gasteiger partial charge on any atom is 0.328 e. The fourth-order valence-corrected chi connectivity index (χ4v) is 1.97. The van der Waals surface area contributed by atoms with Crippen LogP contribution in [0.15, 0.2) is 30.3 Å². The van der Waals surface area contributed by atoms with Crippen LogP contribution in [-0.4, -0.2) is 27.8 Å². The molecule has 0 atom stereocenters. The summed E-state index contributed by atoms with van der Waals surface area (Å²) < 4.78 is 0. The van der Waals surface area contributed by atoms with Crippen LogP contribution >= 0.6 is 0 Å². The van der Waals surface area contributed by atoms with Crippen molar-refractivity contribution < 1.29 is 19.5 Å². The summed E-state index contributed by atoms with van der Waals surface area (Å²) in [5, 5.41) is 8.63. The van der Waals surface area contributed by atoms with E-state index in [0.29, 0.717) is 5.56 Å². The Morgan fingerprint density at radius 2 is 1.84 bits per heavy atom. The number of aliphatic carboxylic acids is 1. The first-order valence-corrected chi connectivity index (χ1v) is 5.90. The molecule has 19 heavy (non-hydrogen) atoms. The fourth-order valence-electron chi connectivity index (χ4n) is 1.97. The first kappa shape index (κ1) is 13.0. The van der Waals surface area contributed by atoms with Gasteiger partial charge < -0.3 is 5.11 Å². The van der Waals surface area contributed by atoms with Crippen LogP contribution in [0.3, 0.4) is 0 Å². The molecule has 0 aliphatic carbocycles. The maximum absolute atomic E-state index is 11.6. The molecule has 1 N–H and O–H groups in total. The normalized spacial score (nSPS) is 15.5. The summed E-state index contributed by atoms with van der Waals surface area (Å²) in [5.74, 6) is -1.40. The van der Waals surface area contributed by atoms with Gasteiger partial charge in [-0.3, -0.25) is 14.5 Å². The van der Waals surface area contributed by atoms with Gasteiger partial charge >= 0.3 is 5.97 Å². The van der Waals surface area contributed by atoms with Gasteiger partial charge in [0.15, 0.2) is 0 Å². The van der Waals surface area contributed by atoms with E-state index in [1.165, 1.54) is 11.0 Å². The van der Waals surface area contributed by atoms with E-state index in [2.05, 4.69) is 0 Å². The molecule has 1 aromatic rings. The van der Waals surface area contributed by atoms with Gasteiger partial charge in [-0.1, -0.05) is 24.3 Å². The molecule has 0 aromatic heterocycles. The summed E-state index contributed by atoms with van der Waals surface area (Å²) >= 11 is 0. The Bertz CT molecular complexity index is 546. The number of carboxylic acid groups (broad SMARTS) is 1. The first-order valence-electron chi connectivity index (χ1n) is 5.90. The quantitative estimate of drug-likeness (QED) is 0.655. The Balaban J connectivity index is 2.23.